The van der Waals surface area contributed by atoms with Gasteiger partial charge in [-0.1, -0.05) is 36.8 Å². The third kappa shape index (κ3) is 5.02. The van der Waals surface area contributed by atoms with Crippen molar-refractivity contribution in [1.29, 1.82) is 0 Å². The Bertz CT molecular complexity index is 956. The minimum atomic E-state index is -3.65. The summed E-state index contributed by atoms with van der Waals surface area (Å²) in [7, 11) is -2.11. The van der Waals surface area contributed by atoms with E-state index in [2.05, 4.69) is 5.32 Å². The number of nitrogens with zero attached hydrogens (tertiary/aromatic N) is 1. The maximum absolute atomic E-state index is 13.0. The number of amides is 1. The van der Waals surface area contributed by atoms with E-state index in [0.717, 1.165) is 12.0 Å². The Morgan fingerprint density at radius 1 is 1.17 bits per heavy atom. The molecule has 6 nitrogen and oxygen atoms in total. The van der Waals surface area contributed by atoms with Gasteiger partial charge < -0.3 is 10.1 Å². The standard InChI is InChI=1S/C23H30N2O4S/c1-4-22(18-9-7-17(2)8-10-18)24-23(26)19-6-5-15-25(16-19)30(27,28)21-13-11-20(29-3)12-14-21/h7-14,19,22H,4-6,15-16H2,1-3H3,(H,24,26)/t19-,22-/m1/s1. The first kappa shape index (κ1) is 22.3. The first-order valence-electron chi connectivity index (χ1n) is 10.4. The van der Waals surface area contributed by atoms with Gasteiger partial charge in [0.15, 0.2) is 0 Å². The van der Waals surface area contributed by atoms with Crippen LogP contribution >= 0.6 is 0 Å². The van der Waals surface area contributed by atoms with Crippen LogP contribution < -0.4 is 10.1 Å². The highest BCUT2D eigenvalue weighted by molar-refractivity contribution is 7.89. The summed E-state index contributed by atoms with van der Waals surface area (Å²) in [5, 5.41) is 3.12. The Balaban J connectivity index is 1.69. The van der Waals surface area contributed by atoms with Gasteiger partial charge in [0.05, 0.1) is 24.0 Å². The van der Waals surface area contributed by atoms with Crippen LogP contribution in [0, 0.1) is 12.8 Å². The molecule has 2 aromatic carbocycles. The van der Waals surface area contributed by atoms with Crippen molar-refractivity contribution in [2.45, 2.75) is 44.0 Å². The monoisotopic (exact) mass is 430 g/mol. The third-order valence-corrected chi connectivity index (χ3v) is 7.54. The third-order valence-electron chi connectivity index (χ3n) is 5.66. The predicted molar refractivity (Wildman–Crippen MR) is 117 cm³/mol. The second-order valence-electron chi connectivity index (χ2n) is 7.76. The molecule has 2 atom stereocenters. The number of rotatable bonds is 7. The lowest BCUT2D eigenvalue weighted by atomic mass is 9.97. The molecular formula is C23H30N2O4S. The van der Waals surface area contributed by atoms with E-state index in [1.54, 1.807) is 24.3 Å². The number of methoxy groups -OCH3 is 1. The van der Waals surface area contributed by atoms with Crippen molar-refractivity contribution >= 4 is 15.9 Å². The van der Waals surface area contributed by atoms with E-state index in [9.17, 15) is 13.2 Å². The Morgan fingerprint density at radius 2 is 1.83 bits per heavy atom. The molecule has 1 fully saturated rings. The predicted octanol–water partition coefficient (Wildman–Crippen LogP) is 3.67. The van der Waals surface area contributed by atoms with Gasteiger partial charge in [-0.2, -0.15) is 4.31 Å². The first-order valence-corrected chi connectivity index (χ1v) is 11.8. The van der Waals surface area contributed by atoms with Gasteiger partial charge in [0.25, 0.3) is 0 Å². The molecule has 0 spiro atoms. The number of hydrogen-bond donors (Lipinski definition) is 1. The molecule has 1 saturated heterocycles. The summed E-state index contributed by atoms with van der Waals surface area (Å²) in [6.07, 6.45) is 2.12. The van der Waals surface area contributed by atoms with E-state index in [-0.39, 0.29) is 29.3 Å². The number of benzene rings is 2. The van der Waals surface area contributed by atoms with Crippen LogP contribution in [0.4, 0.5) is 0 Å². The summed E-state index contributed by atoms with van der Waals surface area (Å²) >= 11 is 0. The van der Waals surface area contributed by atoms with Gasteiger partial charge in [-0.3, -0.25) is 4.79 Å². The first-order chi connectivity index (χ1) is 14.3. The van der Waals surface area contributed by atoms with Gasteiger partial charge in [-0.05, 0) is 56.0 Å². The number of hydrogen-bond acceptors (Lipinski definition) is 4. The largest absolute Gasteiger partial charge is 0.497 e. The summed E-state index contributed by atoms with van der Waals surface area (Å²) < 4.78 is 32.6. The van der Waals surface area contributed by atoms with Crippen LogP contribution in [-0.2, 0) is 14.8 Å². The molecule has 30 heavy (non-hydrogen) atoms. The lowest BCUT2D eigenvalue weighted by Crippen LogP contribution is -2.46. The number of nitrogens with one attached hydrogen (secondary N) is 1. The molecule has 1 aliphatic rings. The maximum atomic E-state index is 13.0. The average molecular weight is 431 g/mol. The minimum absolute atomic E-state index is 0.0772. The molecule has 162 valence electrons. The molecule has 2 aromatic rings. The fourth-order valence-electron chi connectivity index (χ4n) is 3.78. The number of carbonyl (C=O) groups excluding carboxylic acids is 1. The van der Waals surface area contributed by atoms with E-state index < -0.39 is 10.0 Å². The van der Waals surface area contributed by atoms with E-state index in [0.29, 0.717) is 25.1 Å². The Morgan fingerprint density at radius 3 is 2.43 bits per heavy atom. The minimum Gasteiger partial charge on any atom is -0.497 e. The number of aryl methyl sites for hydroxylation is 1. The van der Waals surface area contributed by atoms with Crippen molar-refractivity contribution in [1.82, 2.24) is 9.62 Å². The van der Waals surface area contributed by atoms with Crippen LogP contribution in [0.1, 0.15) is 43.4 Å². The van der Waals surface area contributed by atoms with Crippen molar-refractivity contribution in [2.24, 2.45) is 5.92 Å². The van der Waals surface area contributed by atoms with Gasteiger partial charge >= 0.3 is 0 Å². The highest BCUT2D eigenvalue weighted by Crippen LogP contribution is 2.26. The quantitative estimate of drug-likeness (QED) is 0.727. The summed E-state index contributed by atoms with van der Waals surface area (Å²) in [5.41, 5.74) is 2.24. The Kier molecular flexibility index (Phi) is 7.15. The molecule has 1 aliphatic heterocycles. The van der Waals surface area contributed by atoms with Crippen LogP contribution in [0.3, 0.4) is 0 Å². The molecule has 1 heterocycles. The molecule has 0 bridgehead atoms. The highest BCUT2D eigenvalue weighted by Gasteiger charge is 2.34. The van der Waals surface area contributed by atoms with Gasteiger partial charge in [0, 0.05) is 13.1 Å². The molecule has 3 rings (SSSR count). The van der Waals surface area contributed by atoms with E-state index in [1.807, 2.05) is 38.1 Å². The van der Waals surface area contributed by atoms with Crippen LogP contribution in [0.25, 0.3) is 0 Å². The molecule has 0 saturated carbocycles. The Labute approximate surface area is 179 Å². The fourth-order valence-corrected chi connectivity index (χ4v) is 5.30. The summed E-state index contributed by atoms with van der Waals surface area (Å²) in [6, 6.07) is 14.4. The second-order valence-corrected chi connectivity index (χ2v) is 9.70. The van der Waals surface area contributed by atoms with E-state index >= 15 is 0 Å². The number of ether oxygens (including phenoxy) is 1. The van der Waals surface area contributed by atoms with E-state index in [4.69, 9.17) is 4.74 Å². The van der Waals surface area contributed by atoms with Gasteiger partial charge in [-0.15, -0.1) is 0 Å². The van der Waals surface area contributed by atoms with Crippen molar-refractivity contribution < 1.29 is 17.9 Å². The van der Waals surface area contributed by atoms with Crippen molar-refractivity contribution in [3.8, 4) is 5.75 Å². The molecule has 0 aromatic heterocycles. The smallest absolute Gasteiger partial charge is 0.243 e. The van der Waals surface area contributed by atoms with Crippen LogP contribution in [0.2, 0.25) is 0 Å². The average Bonchev–Trinajstić information content (AvgIpc) is 2.78. The molecule has 7 heteroatoms. The fraction of sp³-hybridized carbons (Fsp3) is 0.435. The zero-order valence-electron chi connectivity index (χ0n) is 17.8. The molecule has 0 radical (unpaired) electrons. The molecular weight excluding hydrogens is 400 g/mol. The maximum Gasteiger partial charge on any atom is 0.243 e. The summed E-state index contributed by atoms with van der Waals surface area (Å²) in [5.74, 6) is 0.162. The molecule has 0 unspecified atom stereocenters. The lowest BCUT2D eigenvalue weighted by Gasteiger charge is -2.32. The number of piperidine rings is 1. The van der Waals surface area contributed by atoms with Crippen molar-refractivity contribution in [3.63, 3.8) is 0 Å². The zero-order valence-corrected chi connectivity index (χ0v) is 18.6. The second kappa shape index (κ2) is 9.62. The number of sulfonamides is 1. The van der Waals surface area contributed by atoms with Crippen LogP contribution in [0.5, 0.6) is 5.75 Å². The molecule has 0 aliphatic carbocycles. The van der Waals surface area contributed by atoms with Crippen LogP contribution in [-0.4, -0.2) is 38.8 Å². The van der Waals surface area contributed by atoms with Gasteiger partial charge in [0.2, 0.25) is 15.9 Å². The van der Waals surface area contributed by atoms with Crippen LogP contribution in [0.15, 0.2) is 53.4 Å². The number of carbonyl (C=O) groups is 1. The molecule has 1 amide bonds. The van der Waals surface area contributed by atoms with Gasteiger partial charge in [0.1, 0.15) is 5.75 Å². The molecule has 1 N–H and O–H groups in total. The highest BCUT2D eigenvalue weighted by atomic mass is 32.2. The topological polar surface area (TPSA) is 75.7 Å². The Hall–Kier alpha value is -2.38. The lowest BCUT2D eigenvalue weighted by molar-refractivity contribution is -0.126. The zero-order chi connectivity index (χ0) is 21.7. The van der Waals surface area contributed by atoms with E-state index in [1.165, 1.54) is 17.0 Å². The van der Waals surface area contributed by atoms with Crippen molar-refractivity contribution in [2.75, 3.05) is 20.2 Å². The van der Waals surface area contributed by atoms with Gasteiger partial charge in [-0.25, -0.2) is 8.42 Å². The SMILES string of the molecule is CC[C@@H](NC(=O)[C@@H]1CCCN(S(=O)(=O)c2ccc(OC)cc2)C1)c1ccc(C)cc1. The summed E-state index contributed by atoms with van der Waals surface area (Å²) in [4.78, 5) is 13.2. The van der Waals surface area contributed by atoms with Crippen molar-refractivity contribution in [3.05, 3.63) is 59.7 Å². The summed E-state index contributed by atoms with van der Waals surface area (Å²) in [6.45, 7) is 4.69. The normalized spacial score (nSPS) is 18.6.